The van der Waals surface area contributed by atoms with Crippen molar-refractivity contribution in [3.8, 4) is 5.75 Å². The highest BCUT2D eigenvalue weighted by Gasteiger charge is 2.20. The van der Waals surface area contributed by atoms with Gasteiger partial charge in [0.1, 0.15) is 5.75 Å². The van der Waals surface area contributed by atoms with Gasteiger partial charge < -0.3 is 10.1 Å². The van der Waals surface area contributed by atoms with Gasteiger partial charge in [0.15, 0.2) is 0 Å². The number of fused-ring (bicyclic) bond motifs is 1. The van der Waals surface area contributed by atoms with Crippen molar-refractivity contribution in [2.45, 2.75) is 32.6 Å². The number of amides is 1. The molecule has 1 aliphatic carbocycles. The van der Waals surface area contributed by atoms with E-state index in [2.05, 4.69) is 18.3 Å². The zero-order valence-corrected chi connectivity index (χ0v) is 14.5. The van der Waals surface area contributed by atoms with Crippen LogP contribution >= 0.6 is 11.3 Å². The third-order valence-electron chi connectivity index (χ3n) is 4.41. The summed E-state index contributed by atoms with van der Waals surface area (Å²) in [6.07, 6.45) is 4.31. The minimum Gasteiger partial charge on any atom is -0.497 e. The molecule has 23 heavy (non-hydrogen) atoms. The molecule has 1 atom stereocenters. The van der Waals surface area contributed by atoms with Gasteiger partial charge in [0, 0.05) is 11.4 Å². The van der Waals surface area contributed by atoms with Gasteiger partial charge in [0.05, 0.1) is 12.0 Å². The van der Waals surface area contributed by atoms with Crippen LogP contribution in [0.2, 0.25) is 0 Å². The van der Waals surface area contributed by atoms with Crippen LogP contribution < -0.4 is 10.1 Å². The van der Waals surface area contributed by atoms with Crippen LogP contribution in [0.25, 0.3) is 0 Å². The van der Waals surface area contributed by atoms with Gasteiger partial charge in [-0.2, -0.15) is 0 Å². The number of carbonyl (C=O) groups excluding carboxylic acids is 1. The maximum atomic E-state index is 12.3. The predicted octanol–water partition coefficient (Wildman–Crippen LogP) is 3.85. The number of rotatable bonds is 5. The van der Waals surface area contributed by atoms with Gasteiger partial charge in [-0.1, -0.05) is 19.1 Å². The Morgan fingerprint density at radius 1 is 1.35 bits per heavy atom. The van der Waals surface area contributed by atoms with E-state index in [0.29, 0.717) is 6.54 Å². The summed E-state index contributed by atoms with van der Waals surface area (Å²) in [5.74, 6) is 1.66. The van der Waals surface area contributed by atoms with Crippen molar-refractivity contribution >= 4 is 17.2 Å². The van der Waals surface area contributed by atoms with Gasteiger partial charge in [-0.25, -0.2) is 0 Å². The fourth-order valence-corrected chi connectivity index (χ4v) is 4.14. The van der Waals surface area contributed by atoms with Crippen LogP contribution in [0, 0.1) is 5.92 Å². The molecule has 1 amide bonds. The van der Waals surface area contributed by atoms with Crippen LogP contribution in [0.5, 0.6) is 5.75 Å². The fraction of sp³-hybridized carbons (Fsp3) is 0.421. The minimum atomic E-state index is 0.0607. The van der Waals surface area contributed by atoms with Crippen LogP contribution in [0.15, 0.2) is 30.3 Å². The summed E-state index contributed by atoms with van der Waals surface area (Å²) in [6.45, 7) is 2.94. The van der Waals surface area contributed by atoms with E-state index >= 15 is 0 Å². The highest BCUT2D eigenvalue weighted by atomic mass is 32.1. The smallest absolute Gasteiger partial charge is 0.261 e. The lowest BCUT2D eigenvalue weighted by atomic mass is 9.90. The van der Waals surface area contributed by atoms with E-state index < -0.39 is 0 Å². The first kappa shape index (κ1) is 16.1. The van der Waals surface area contributed by atoms with Gasteiger partial charge in [0.25, 0.3) is 5.91 Å². The molecule has 0 saturated carbocycles. The van der Waals surface area contributed by atoms with Crippen LogP contribution in [0.3, 0.4) is 0 Å². The normalized spacial score (nSPS) is 16.7. The molecule has 0 fully saturated rings. The van der Waals surface area contributed by atoms with Crippen molar-refractivity contribution < 1.29 is 9.53 Å². The van der Waals surface area contributed by atoms with Gasteiger partial charge in [-0.3, -0.25) is 4.79 Å². The Balaban J connectivity index is 1.53. The maximum Gasteiger partial charge on any atom is 0.261 e. The van der Waals surface area contributed by atoms with Crippen molar-refractivity contribution in [3.63, 3.8) is 0 Å². The van der Waals surface area contributed by atoms with E-state index in [1.54, 1.807) is 18.4 Å². The number of ether oxygens (including phenoxy) is 1. The van der Waals surface area contributed by atoms with E-state index in [1.807, 2.05) is 24.3 Å². The van der Waals surface area contributed by atoms with Crippen molar-refractivity contribution in [2.24, 2.45) is 5.92 Å². The predicted molar refractivity (Wildman–Crippen MR) is 94.5 cm³/mol. The lowest BCUT2D eigenvalue weighted by Crippen LogP contribution is -2.24. The highest BCUT2D eigenvalue weighted by Crippen LogP contribution is 2.32. The molecule has 0 radical (unpaired) electrons. The third kappa shape index (κ3) is 3.94. The molecule has 1 N–H and O–H groups in total. The lowest BCUT2D eigenvalue weighted by Gasteiger charge is -2.16. The van der Waals surface area contributed by atoms with E-state index in [-0.39, 0.29) is 5.91 Å². The standard InChI is InChI=1S/C19H23NO2S/c1-13-3-8-17-15(11-13)12-18(23-17)19(21)20-10-9-14-4-6-16(22-2)7-5-14/h4-7,12-13H,3,8-11H2,1-2H3,(H,20,21)/t13-/m1/s1. The van der Waals surface area contributed by atoms with Crippen LogP contribution in [-0.4, -0.2) is 19.6 Å². The molecule has 4 heteroatoms. The summed E-state index contributed by atoms with van der Waals surface area (Å²) in [7, 11) is 1.66. The molecule has 1 aliphatic rings. The second-order valence-corrected chi connectivity index (χ2v) is 7.40. The fourth-order valence-electron chi connectivity index (χ4n) is 3.02. The van der Waals surface area contributed by atoms with Crippen LogP contribution in [-0.2, 0) is 19.3 Å². The molecule has 0 aliphatic heterocycles. The Morgan fingerprint density at radius 3 is 2.87 bits per heavy atom. The molecule has 0 spiro atoms. The lowest BCUT2D eigenvalue weighted by molar-refractivity contribution is 0.0958. The molecule has 1 aromatic carbocycles. The minimum absolute atomic E-state index is 0.0607. The number of methoxy groups -OCH3 is 1. The highest BCUT2D eigenvalue weighted by molar-refractivity contribution is 7.14. The van der Waals surface area contributed by atoms with Gasteiger partial charge >= 0.3 is 0 Å². The Bertz CT molecular complexity index is 675. The quantitative estimate of drug-likeness (QED) is 0.905. The van der Waals surface area contributed by atoms with Crippen molar-refractivity contribution in [3.05, 3.63) is 51.2 Å². The van der Waals surface area contributed by atoms with E-state index in [1.165, 1.54) is 22.4 Å². The number of hydrogen-bond acceptors (Lipinski definition) is 3. The van der Waals surface area contributed by atoms with Crippen LogP contribution in [0.4, 0.5) is 0 Å². The largest absolute Gasteiger partial charge is 0.497 e. The Morgan fingerprint density at radius 2 is 2.13 bits per heavy atom. The Labute approximate surface area is 141 Å². The number of hydrogen-bond donors (Lipinski definition) is 1. The van der Waals surface area contributed by atoms with E-state index in [9.17, 15) is 4.79 Å². The molecule has 3 rings (SSSR count). The van der Waals surface area contributed by atoms with Gasteiger partial charge in [0.2, 0.25) is 0 Å². The van der Waals surface area contributed by atoms with Gasteiger partial charge in [-0.05, 0) is 60.9 Å². The molecule has 0 unspecified atom stereocenters. The Hall–Kier alpha value is -1.81. The van der Waals surface area contributed by atoms with Crippen molar-refractivity contribution in [2.75, 3.05) is 13.7 Å². The average molecular weight is 329 g/mol. The summed E-state index contributed by atoms with van der Waals surface area (Å²) in [5.41, 5.74) is 2.58. The summed E-state index contributed by atoms with van der Waals surface area (Å²) in [4.78, 5) is 14.6. The molecule has 0 bridgehead atoms. The maximum absolute atomic E-state index is 12.3. The van der Waals surface area contributed by atoms with E-state index in [0.717, 1.165) is 35.8 Å². The summed E-state index contributed by atoms with van der Waals surface area (Å²) < 4.78 is 5.15. The molecular formula is C19H23NO2S. The topological polar surface area (TPSA) is 38.3 Å². The molecule has 122 valence electrons. The van der Waals surface area contributed by atoms with Gasteiger partial charge in [-0.15, -0.1) is 11.3 Å². The molecule has 1 aromatic heterocycles. The SMILES string of the molecule is COc1ccc(CCNC(=O)c2cc3c(s2)CC[C@@H](C)C3)cc1. The number of benzene rings is 1. The second kappa shape index (κ2) is 7.18. The number of aryl methyl sites for hydroxylation is 1. The Kier molecular flexibility index (Phi) is 5.01. The average Bonchev–Trinajstić information content (AvgIpc) is 2.98. The van der Waals surface area contributed by atoms with Crippen molar-refractivity contribution in [1.29, 1.82) is 0 Å². The number of carbonyl (C=O) groups is 1. The first-order valence-corrected chi connectivity index (χ1v) is 9.00. The summed E-state index contributed by atoms with van der Waals surface area (Å²) >= 11 is 1.67. The molecule has 2 aromatic rings. The number of thiophene rings is 1. The second-order valence-electron chi connectivity index (χ2n) is 6.26. The summed E-state index contributed by atoms with van der Waals surface area (Å²) in [5, 5.41) is 3.04. The molecule has 0 saturated heterocycles. The van der Waals surface area contributed by atoms with Crippen LogP contribution in [0.1, 0.15) is 39.0 Å². The van der Waals surface area contributed by atoms with Crippen molar-refractivity contribution in [1.82, 2.24) is 5.32 Å². The first-order valence-electron chi connectivity index (χ1n) is 8.18. The molecule has 3 nitrogen and oxygen atoms in total. The molecule has 1 heterocycles. The third-order valence-corrected chi connectivity index (χ3v) is 5.65. The van der Waals surface area contributed by atoms with E-state index in [4.69, 9.17) is 4.74 Å². The monoisotopic (exact) mass is 329 g/mol. The number of nitrogens with one attached hydrogen (secondary N) is 1. The zero-order chi connectivity index (χ0) is 16.2. The zero-order valence-electron chi connectivity index (χ0n) is 13.7. The summed E-state index contributed by atoms with van der Waals surface area (Å²) in [6, 6.07) is 10.1. The molecular weight excluding hydrogens is 306 g/mol. The first-order chi connectivity index (χ1) is 11.2.